The Morgan fingerprint density at radius 1 is 1.19 bits per heavy atom. The standard InChI is InChI=1S/C21H25N3O3/c1-15(25)17-6-5-7-18(12-17)23-21(26)22-13-16-10-11-24(14-16)19-8-3-4-9-20(19)27-2/h3-9,12,16H,10-11,13-14H2,1-2H3,(H2,22,23,26). The summed E-state index contributed by atoms with van der Waals surface area (Å²) in [5, 5.41) is 5.72. The molecule has 27 heavy (non-hydrogen) atoms. The number of benzene rings is 2. The number of nitrogens with zero attached hydrogens (tertiary/aromatic N) is 1. The van der Waals surface area contributed by atoms with E-state index in [1.807, 2.05) is 18.2 Å². The molecule has 0 radical (unpaired) electrons. The minimum Gasteiger partial charge on any atom is -0.495 e. The number of rotatable bonds is 6. The van der Waals surface area contributed by atoms with Crippen LogP contribution in [0.15, 0.2) is 48.5 Å². The van der Waals surface area contributed by atoms with Crippen LogP contribution in [0.4, 0.5) is 16.2 Å². The molecule has 0 bridgehead atoms. The summed E-state index contributed by atoms with van der Waals surface area (Å²) in [6.07, 6.45) is 1.01. The van der Waals surface area contributed by atoms with Gasteiger partial charge in [0, 0.05) is 30.9 Å². The number of carbonyl (C=O) groups excluding carboxylic acids is 2. The van der Waals surface area contributed by atoms with Gasteiger partial charge in [-0.05, 0) is 43.5 Å². The quantitative estimate of drug-likeness (QED) is 0.766. The predicted molar refractivity (Wildman–Crippen MR) is 107 cm³/mol. The maximum atomic E-state index is 12.2. The molecule has 2 aromatic carbocycles. The van der Waals surface area contributed by atoms with Crippen LogP contribution in [0.5, 0.6) is 5.75 Å². The van der Waals surface area contributed by atoms with Gasteiger partial charge in [-0.15, -0.1) is 0 Å². The van der Waals surface area contributed by atoms with Gasteiger partial charge in [-0.3, -0.25) is 4.79 Å². The Balaban J connectivity index is 1.50. The summed E-state index contributed by atoms with van der Waals surface area (Å²) in [6, 6.07) is 14.7. The van der Waals surface area contributed by atoms with Gasteiger partial charge in [0.1, 0.15) is 5.75 Å². The largest absolute Gasteiger partial charge is 0.495 e. The highest BCUT2D eigenvalue weighted by Crippen LogP contribution is 2.31. The third-order valence-corrected chi connectivity index (χ3v) is 4.79. The molecule has 0 aliphatic carbocycles. The first kappa shape index (κ1) is 18.8. The van der Waals surface area contributed by atoms with E-state index in [1.54, 1.807) is 31.4 Å². The fourth-order valence-corrected chi connectivity index (χ4v) is 3.34. The lowest BCUT2D eigenvalue weighted by Crippen LogP contribution is -2.34. The summed E-state index contributed by atoms with van der Waals surface area (Å²) in [5.41, 5.74) is 2.28. The minimum atomic E-state index is -0.258. The number of Topliss-reactive ketones (excluding diaryl/α,β-unsaturated/α-hetero) is 1. The molecule has 142 valence electrons. The number of urea groups is 1. The van der Waals surface area contributed by atoms with E-state index in [0.717, 1.165) is 30.9 Å². The van der Waals surface area contributed by atoms with E-state index in [0.29, 0.717) is 23.7 Å². The normalized spacial score (nSPS) is 16.1. The second-order valence-corrected chi connectivity index (χ2v) is 6.74. The van der Waals surface area contributed by atoms with Crippen LogP contribution in [0.3, 0.4) is 0 Å². The van der Waals surface area contributed by atoms with Crippen LogP contribution in [-0.4, -0.2) is 38.6 Å². The fourth-order valence-electron chi connectivity index (χ4n) is 3.34. The van der Waals surface area contributed by atoms with Crippen molar-refractivity contribution in [2.75, 3.05) is 37.0 Å². The molecule has 1 unspecified atom stereocenters. The third kappa shape index (κ3) is 4.78. The number of ketones is 1. The van der Waals surface area contributed by atoms with Gasteiger partial charge >= 0.3 is 6.03 Å². The zero-order valence-corrected chi connectivity index (χ0v) is 15.7. The van der Waals surface area contributed by atoms with Crippen LogP contribution in [0, 0.1) is 5.92 Å². The number of ether oxygens (including phenoxy) is 1. The summed E-state index contributed by atoms with van der Waals surface area (Å²) in [5.74, 6) is 1.22. The van der Waals surface area contributed by atoms with Gasteiger partial charge < -0.3 is 20.3 Å². The molecular weight excluding hydrogens is 342 g/mol. The molecule has 0 saturated carbocycles. The second-order valence-electron chi connectivity index (χ2n) is 6.74. The first-order chi connectivity index (χ1) is 13.1. The van der Waals surface area contributed by atoms with E-state index in [1.165, 1.54) is 6.92 Å². The van der Waals surface area contributed by atoms with Gasteiger partial charge in [0.25, 0.3) is 0 Å². The van der Waals surface area contributed by atoms with Crippen molar-refractivity contribution in [3.05, 3.63) is 54.1 Å². The number of hydrogen-bond acceptors (Lipinski definition) is 4. The Labute approximate surface area is 159 Å². The molecule has 1 fully saturated rings. The molecule has 1 saturated heterocycles. The predicted octanol–water partition coefficient (Wildman–Crippen LogP) is 3.55. The van der Waals surface area contributed by atoms with Crippen molar-refractivity contribution in [3.8, 4) is 5.75 Å². The highest BCUT2D eigenvalue weighted by molar-refractivity contribution is 5.96. The van der Waals surface area contributed by atoms with Crippen molar-refractivity contribution < 1.29 is 14.3 Å². The van der Waals surface area contributed by atoms with Crippen molar-refractivity contribution in [2.24, 2.45) is 5.92 Å². The van der Waals surface area contributed by atoms with Crippen molar-refractivity contribution in [1.29, 1.82) is 0 Å². The van der Waals surface area contributed by atoms with Crippen molar-refractivity contribution in [2.45, 2.75) is 13.3 Å². The maximum absolute atomic E-state index is 12.2. The number of carbonyl (C=O) groups is 2. The Hall–Kier alpha value is -3.02. The van der Waals surface area contributed by atoms with E-state index >= 15 is 0 Å². The molecule has 1 heterocycles. The summed E-state index contributed by atoms with van der Waals surface area (Å²) < 4.78 is 5.44. The Morgan fingerprint density at radius 3 is 2.78 bits per heavy atom. The monoisotopic (exact) mass is 367 g/mol. The Bertz CT molecular complexity index is 822. The summed E-state index contributed by atoms with van der Waals surface area (Å²) >= 11 is 0. The van der Waals surface area contributed by atoms with Gasteiger partial charge in [0.15, 0.2) is 5.78 Å². The van der Waals surface area contributed by atoms with Gasteiger partial charge in [0.2, 0.25) is 0 Å². The van der Waals surface area contributed by atoms with Gasteiger partial charge in [-0.25, -0.2) is 4.79 Å². The minimum absolute atomic E-state index is 0.0264. The number of hydrogen-bond donors (Lipinski definition) is 2. The molecule has 0 spiro atoms. The number of para-hydroxylation sites is 2. The molecule has 3 rings (SSSR count). The molecule has 2 aromatic rings. The van der Waals surface area contributed by atoms with Crippen LogP contribution in [0.2, 0.25) is 0 Å². The van der Waals surface area contributed by atoms with Crippen LogP contribution in [0.25, 0.3) is 0 Å². The molecule has 2 N–H and O–H groups in total. The van der Waals surface area contributed by atoms with E-state index < -0.39 is 0 Å². The second kappa shape index (κ2) is 8.58. The van der Waals surface area contributed by atoms with Crippen molar-refractivity contribution >= 4 is 23.2 Å². The number of amides is 2. The summed E-state index contributed by atoms with van der Waals surface area (Å²) in [7, 11) is 1.68. The lowest BCUT2D eigenvalue weighted by molar-refractivity contribution is 0.101. The summed E-state index contributed by atoms with van der Waals surface area (Å²) in [6.45, 7) is 3.92. The van der Waals surface area contributed by atoms with Crippen LogP contribution in [-0.2, 0) is 0 Å². The number of methoxy groups -OCH3 is 1. The fraction of sp³-hybridized carbons (Fsp3) is 0.333. The molecule has 0 aromatic heterocycles. The van der Waals surface area contributed by atoms with Gasteiger partial charge in [-0.1, -0.05) is 24.3 Å². The first-order valence-corrected chi connectivity index (χ1v) is 9.10. The maximum Gasteiger partial charge on any atom is 0.319 e. The average molecular weight is 367 g/mol. The molecule has 1 aliphatic heterocycles. The summed E-state index contributed by atoms with van der Waals surface area (Å²) in [4.78, 5) is 25.9. The van der Waals surface area contributed by atoms with Crippen LogP contribution >= 0.6 is 0 Å². The van der Waals surface area contributed by atoms with Crippen LogP contribution < -0.4 is 20.3 Å². The van der Waals surface area contributed by atoms with Crippen molar-refractivity contribution in [1.82, 2.24) is 5.32 Å². The number of nitrogens with one attached hydrogen (secondary N) is 2. The number of anilines is 2. The zero-order chi connectivity index (χ0) is 19.2. The smallest absolute Gasteiger partial charge is 0.319 e. The Kier molecular flexibility index (Phi) is 5.96. The van der Waals surface area contributed by atoms with E-state index in [9.17, 15) is 9.59 Å². The molecule has 1 aliphatic rings. The first-order valence-electron chi connectivity index (χ1n) is 9.10. The zero-order valence-electron chi connectivity index (χ0n) is 15.7. The lowest BCUT2D eigenvalue weighted by Gasteiger charge is -2.21. The molecule has 1 atom stereocenters. The van der Waals surface area contributed by atoms with Crippen LogP contribution in [0.1, 0.15) is 23.7 Å². The van der Waals surface area contributed by atoms with E-state index in [4.69, 9.17) is 4.74 Å². The SMILES string of the molecule is COc1ccccc1N1CCC(CNC(=O)Nc2cccc(C(C)=O)c2)C1. The Morgan fingerprint density at radius 2 is 2.00 bits per heavy atom. The van der Waals surface area contributed by atoms with E-state index in [-0.39, 0.29) is 11.8 Å². The molecule has 2 amide bonds. The molecule has 6 nitrogen and oxygen atoms in total. The topological polar surface area (TPSA) is 70.7 Å². The van der Waals surface area contributed by atoms with Gasteiger partial charge in [-0.2, -0.15) is 0 Å². The molecule has 6 heteroatoms. The van der Waals surface area contributed by atoms with E-state index in [2.05, 4.69) is 21.6 Å². The highest BCUT2D eigenvalue weighted by Gasteiger charge is 2.24. The highest BCUT2D eigenvalue weighted by atomic mass is 16.5. The third-order valence-electron chi connectivity index (χ3n) is 4.79. The lowest BCUT2D eigenvalue weighted by atomic mass is 10.1. The molecular formula is C21H25N3O3. The van der Waals surface area contributed by atoms with Gasteiger partial charge in [0.05, 0.1) is 12.8 Å². The average Bonchev–Trinajstić information content (AvgIpc) is 3.15. The van der Waals surface area contributed by atoms with Crippen molar-refractivity contribution in [3.63, 3.8) is 0 Å².